The summed E-state index contributed by atoms with van der Waals surface area (Å²) in [7, 11) is 0. The van der Waals surface area contributed by atoms with E-state index in [1.807, 2.05) is 24.3 Å². The van der Waals surface area contributed by atoms with E-state index >= 15 is 0 Å². The Bertz CT molecular complexity index is 280. The van der Waals surface area contributed by atoms with Gasteiger partial charge < -0.3 is 0 Å². The molecule has 3 heteroatoms. The number of benzene rings is 1. The number of nitrogens with one attached hydrogen (secondary N) is 1. The van der Waals surface area contributed by atoms with Crippen LogP contribution in [0.5, 0.6) is 0 Å². The van der Waals surface area contributed by atoms with Crippen molar-refractivity contribution in [3.05, 3.63) is 29.3 Å². The molecule has 0 saturated carbocycles. The van der Waals surface area contributed by atoms with Crippen LogP contribution in [0.15, 0.2) is 29.2 Å². The second kappa shape index (κ2) is 4.36. The van der Waals surface area contributed by atoms with Gasteiger partial charge in [0.15, 0.2) is 0 Å². The van der Waals surface area contributed by atoms with Crippen molar-refractivity contribution >= 4 is 23.5 Å². The van der Waals surface area contributed by atoms with Crippen LogP contribution in [0.25, 0.3) is 0 Å². The van der Waals surface area contributed by atoms with Crippen molar-refractivity contribution in [3.8, 4) is 0 Å². The first-order chi connectivity index (χ1) is 5.97. The van der Waals surface area contributed by atoms with Gasteiger partial charge in [-0.2, -0.15) is 0 Å². The quantitative estimate of drug-likeness (QED) is 0.755. The fourth-order valence-corrected chi connectivity index (χ4v) is 1.75. The van der Waals surface area contributed by atoms with E-state index in [0.717, 1.165) is 9.92 Å². The SMILES string of the molecule is CC(C)(C)NSc1cccc(Cl)c1. The molecular formula is C10H14ClNS. The maximum atomic E-state index is 5.85. The highest BCUT2D eigenvalue weighted by atomic mass is 35.5. The highest BCUT2D eigenvalue weighted by molar-refractivity contribution is 7.97. The molecule has 1 N–H and O–H groups in total. The van der Waals surface area contributed by atoms with E-state index in [2.05, 4.69) is 25.5 Å². The van der Waals surface area contributed by atoms with Crippen LogP contribution in [-0.2, 0) is 0 Å². The molecule has 0 amide bonds. The number of halogens is 1. The predicted octanol–water partition coefficient (Wildman–Crippen LogP) is 3.74. The topological polar surface area (TPSA) is 12.0 Å². The Balaban J connectivity index is 2.55. The minimum absolute atomic E-state index is 0.118. The zero-order valence-corrected chi connectivity index (χ0v) is 9.67. The van der Waals surface area contributed by atoms with Crippen molar-refractivity contribution < 1.29 is 0 Å². The van der Waals surface area contributed by atoms with Gasteiger partial charge in [0.1, 0.15) is 0 Å². The zero-order chi connectivity index (χ0) is 9.90. The summed E-state index contributed by atoms with van der Waals surface area (Å²) in [6.45, 7) is 6.39. The molecule has 13 heavy (non-hydrogen) atoms. The van der Waals surface area contributed by atoms with Crippen molar-refractivity contribution in [1.82, 2.24) is 4.72 Å². The van der Waals surface area contributed by atoms with Gasteiger partial charge >= 0.3 is 0 Å². The molecule has 0 spiro atoms. The summed E-state index contributed by atoms with van der Waals surface area (Å²) in [6, 6.07) is 7.82. The van der Waals surface area contributed by atoms with Crippen LogP contribution in [0.2, 0.25) is 5.02 Å². The maximum Gasteiger partial charge on any atom is 0.0417 e. The number of hydrogen-bond acceptors (Lipinski definition) is 2. The Morgan fingerprint density at radius 3 is 2.54 bits per heavy atom. The van der Waals surface area contributed by atoms with E-state index in [1.165, 1.54) is 0 Å². The molecule has 0 unspecified atom stereocenters. The van der Waals surface area contributed by atoms with Crippen molar-refractivity contribution in [2.75, 3.05) is 0 Å². The molecule has 0 saturated heterocycles. The minimum atomic E-state index is 0.118. The fraction of sp³-hybridized carbons (Fsp3) is 0.400. The molecule has 1 aromatic rings. The summed E-state index contributed by atoms with van der Waals surface area (Å²) in [4.78, 5) is 1.14. The van der Waals surface area contributed by atoms with E-state index < -0.39 is 0 Å². The Morgan fingerprint density at radius 1 is 1.31 bits per heavy atom. The Labute approximate surface area is 89.0 Å². The lowest BCUT2D eigenvalue weighted by atomic mass is 10.1. The molecule has 0 aliphatic carbocycles. The normalized spacial score (nSPS) is 11.7. The molecule has 72 valence electrons. The highest BCUT2D eigenvalue weighted by Crippen LogP contribution is 2.21. The van der Waals surface area contributed by atoms with Crippen molar-refractivity contribution in [2.45, 2.75) is 31.2 Å². The van der Waals surface area contributed by atoms with Gasteiger partial charge in [-0.3, -0.25) is 4.72 Å². The maximum absolute atomic E-state index is 5.85. The van der Waals surface area contributed by atoms with Crippen LogP contribution in [0.4, 0.5) is 0 Å². The second-order valence-corrected chi connectivity index (χ2v) is 5.23. The van der Waals surface area contributed by atoms with Gasteiger partial charge in [0, 0.05) is 15.5 Å². The third-order valence-electron chi connectivity index (χ3n) is 1.27. The Morgan fingerprint density at radius 2 is 2.00 bits per heavy atom. The largest absolute Gasteiger partial charge is 0.255 e. The van der Waals surface area contributed by atoms with Gasteiger partial charge in [-0.05, 0) is 50.9 Å². The van der Waals surface area contributed by atoms with E-state index in [4.69, 9.17) is 11.6 Å². The lowest BCUT2D eigenvalue weighted by Crippen LogP contribution is -2.29. The van der Waals surface area contributed by atoms with Crippen LogP contribution in [0.1, 0.15) is 20.8 Å². The molecular weight excluding hydrogens is 202 g/mol. The van der Waals surface area contributed by atoms with Crippen LogP contribution in [-0.4, -0.2) is 5.54 Å². The van der Waals surface area contributed by atoms with E-state index in [0.29, 0.717) is 0 Å². The van der Waals surface area contributed by atoms with Crippen LogP contribution in [0, 0.1) is 0 Å². The first-order valence-corrected chi connectivity index (χ1v) is 5.36. The third kappa shape index (κ3) is 4.55. The van der Waals surface area contributed by atoms with E-state index in [-0.39, 0.29) is 5.54 Å². The number of hydrogen-bond donors (Lipinski definition) is 1. The molecule has 0 radical (unpaired) electrons. The van der Waals surface area contributed by atoms with Gasteiger partial charge in [-0.25, -0.2) is 0 Å². The Hall–Kier alpha value is -0.180. The Kier molecular flexibility index (Phi) is 3.65. The molecule has 0 aliphatic rings. The van der Waals surface area contributed by atoms with Gasteiger partial charge in [0.2, 0.25) is 0 Å². The number of rotatable bonds is 2. The summed E-state index contributed by atoms with van der Waals surface area (Å²) >= 11 is 7.46. The summed E-state index contributed by atoms with van der Waals surface area (Å²) in [5.41, 5.74) is 0.118. The van der Waals surface area contributed by atoms with Crippen molar-refractivity contribution in [1.29, 1.82) is 0 Å². The second-order valence-electron chi connectivity index (χ2n) is 3.91. The fourth-order valence-electron chi connectivity index (χ4n) is 0.743. The van der Waals surface area contributed by atoms with Crippen molar-refractivity contribution in [2.24, 2.45) is 0 Å². The molecule has 0 aliphatic heterocycles. The summed E-state index contributed by atoms with van der Waals surface area (Å²) in [6.07, 6.45) is 0. The average molecular weight is 216 g/mol. The van der Waals surface area contributed by atoms with Crippen LogP contribution in [0.3, 0.4) is 0 Å². The standard InChI is InChI=1S/C10H14ClNS/c1-10(2,3)12-13-9-6-4-5-8(11)7-9/h4-7,12H,1-3H3. The predicted molar refractivity (Wildman–Crippen MR) is 60.2 cm³/mol. The third-order valence-corrected chi connectivity index (χ3v) is 2.71. The smallest absolute Gasteiger partial charge is 0.0417 e. The molecule has 0 aromatic heterocycles. The van der Waals surface area contributed by atoms with E-state index in [9.17, 15) is 0 Å². The van der Waals surface area contributed by atoms with Crippen LogP contribution >= 0.6 is 23.5 Å². The summed E-state index contributed by atoms with van der Waals surface area (Å²) < 4.78 is 3.32. The zero-order valence-electron chi connectivity index (χ0n) is 8.10. The molecule has 1 rings (SSSR count). The first kappa shape index (κ1) is 10.9. The van der Waals surface area contributed by atoms with Gasteiger partial charge in [-0.15, -0.1) is 0 Å². The first-order valence-electron chi connectivity index (χ1n) is 4.17. The summed E-state index contributed by atoms with van der Waals surface area (Å²) in [5.74, 6) is 0. The molecule has 0 atom stereocenters. The molecule has 0 fully saturated rings. The van der Waals surface area contributed by atoms with Gasteiger partial charge in [-0.1, -0.05) is 17.7 Å². The lowest BCUT2D eigenvalue weighted by molar-refractivity contribution is 0.535. The molecule has 0 heterocycles. The summed E-state index contributed by atoms with van der Waals surface area (Å²) in [5, 5.41) is 0.778. The van der Waals surface area contributed by atoms with Crippen molar-refractivity contribution in [3.63, 3.8) is 0 Å². The molecule has 0 bridgehead atoms. The lowest BCUT2D eigenvalue weighted by Gasteiger charge is -2.19. The van der Waals surface area contributed by atoms with E-state index in [1.54, 1.807) is 11.9 Å². The van der Waals surface area contributed by atoms with Gasteiger partial charge in [0.05, 0.1) is 0 Å². The van der Waals surface area contributed by atoms with Crippen LogP contribution < -0.4 is 4.72 Å². The monoisotopic (exact) mass is 215 g/mol. The highest BCUT2D eigenvalue weighted by Gasteiger charge is 2.08. The molecule has 1 aromatic carbocycles. The molecule has 1 nitrogen and oxygen atoms in total. The van der Waals surface area contributed by atoms with Gasteiger partial charge in [0.25, 0.3) is 0 Å². The average Bonchev–Trinajstić information content (AvgIpc) is 2.00. The minimum Gasteiger partial charge on any atom is -0.255 e.